The number of nitrogens with one attached hydrogen (secondary N) is 1. The van der Waals surface area contributed by atoms with E-state index in [9.17, 15) is 9.90 Å². The maximum Gasteiger partial charge on any atom is 0.253 e. The standard InChI is InChI=1S/C15H24N2O2/c1-4-17-10(2)8-13(11(17)3)15(19)16-9-12-6-5-7-14(12)18/h8,12,14,18H,4-7,9H2,1-3H3,(H,16,19). The van der Waals surface area contributed by atoms with Gasteiger partial charge in [0.15, 0.2) is 0 Å². The Hall–Kier alpha value is -1.29. The van der Waals surface area contributed by atoms with Crippen molar-refractivity contribution >= 4 is 5.91 Å². The van der Waals surface area contributed by atoms with E-state index in [2.05, 4.69) is 16.8 Å². The molecule has 0 aliphatic heterocycles. The Morgan fingerprint density at radius 1 is 1.47 bits per heavy atom. The Labute approximate surface area is 114 Å². The van der Waals surface area contributed by atoms with Crippen LogP contribution in [0.5, 0.6) is 0 Å². The van der Waals surface area contributed by atoms with Crippen LogP contribution in [0.1, 0.15) is 47.9 Å². The molecule has 4 heteroatoms. The molecule has 0 radical (unpaired) electrons. The molecule has 1 aliphatic carbocycles. The summed E-state index contributed by atoms with van der Waals surface area (Å²) < 4.78 is 2.14. The lowest BCUT2D eigenvalue weighted by Crippen LogP contribution is -2.32. The van der Waals surface area contributed by atoms with Crippen LogP contribution in [-0.2, 0) is 6.54 Å². The highest BCUT2D eigenvalue weighted by Gasteiger charge is 2.26. The van der Waals surface area contributed by atoms with Crippen LogP contribution < -0.4 is 5.32 Å². The molecule has 0 spiro atoms. The normalized spacial score (nSPS) is 22.7. The van der Waals surface area contributed by atoms with Crippen molar-refractivity contribution in [3.8, 4) is 0 Å². The van der Waals surface area contributed by atoms with Crippen molar-refractivity contribution in [2.24, 2.45) is 5.92 Å². The Morgan fingerprint density at radius 3 is 2.74 bits per heavy atom. The zero-order chi connectivity index (χ0) is 14.0. The van der Waals surface area contributed by atoms with Crippen molar-refractivity contribution in [2.75, 3.05) is 6.54 Å². The van der Waals surface area contributed by atoms with Gasteiger partial charge >= 0.3 is 0 Å². The summed E-state index contributed by atoms with van der Waals surface area (Å²) in [4.78, 5) is 12.2. The molecule has 1 aromatic rings. The van der Waals surface area contributed by atoms with Gasteiger partial charge < -0.3 is 15.0 Å². The van der Waals surface area contributed by atoms with Crippen molar-refractivity contribution in [3.05, 3.63) is 23.0 Å². The minimum absolute atomic E-state index is 0.0214. The largest absolute Gasteiger partial charge is 0.393 e. The predicted octanol–water partition coefficient (Wildman–Crippen LogP) is 2.02. The number of hydrogen-bond donors (Lipinski definition) is 2. The second-order valence-corrected chi connectivity index (χ2v) is 5.50. The van der Waals surface area contributed by atoms with Gasteiger partial charge in [-0.1, -0.05) is 6.42 Å². The average molecular weight is 264 g/mol. The molecule has 0 saturated heterocycles. The Morgan fingerprint density at radius 2 is 2.21 bits per heavy atom. The van der Waals surface area contributed by atoms with Crippen molar-refractivity contribution in [1.29, 1.82) is 0 Å². The summed E-state index contributed by atoms with van der Waals surface area (Å²) in [6.07, 6.45) is 2.69. The van der Waals surface area contributed by atoms with Gasteiger partial charge in [-0.05, 0) is 39.7 Å². The fraction of sp³-hybridized carbons (Fsp3) is 0.667. The van der Waals surface area contributed by atoms with E-state index >= 15 is 0 Å². The molecule has 2 atom stereocenters. The first-order chi connectivity index (χ1) is 9.04. The molecule has 1 saturated carbocycles. The number of aliphatic hydroxyl groups excluding tert-OH is 1. The van der Waals surface area contributed by atoms with Gasteiger partial charge in [0.1, 0.15) is 0 Å². The van der Waals surface area contributed by atoms with Crippen molar-refractivity contribution < 1.29 is 9.90 Å². The van der Waals surface area contributed by atoms with Crippen molar-refractivity contribution in [2.45, 2.75) is 52.7 Å². The first-order valence-corrected chi connectivity index (χ1v) is 7.17. The number of aromatic nitrogens is 1. The summed E-state index contributed by atoms with van der Waals surface area (Å²) in [5.74, 6) is 0.200. The number of aliphatic hydroxyl groups is 1. The molecule has 1 fully saturated rings. The van der Waals surface area contributed by atoms with Crippen LogP contribution in [0.3, 0.4) is 0 Å². The predicted molar refractivity (Wildman–Crippen MR) is 75.3 cm³/mol. The van der Waals surface area contributed by atoms with Gasteiger partial charge in [-0.15, -0.1) is 0 Å². The molecule has 1 amide bonds. The van der Waals surface area contributed by atoms with Gasteiger partial charge in [0, 0.05) is 30.4 Å². The van der Waals surface area contributed by atoms with E-state index in [-0.39, 0.29) is 17.9 Å². The number of carbonyl (C=O) groups excluding carboxylic acids is 1. The zero-order valence-electron chi connectivity index (χ0n) is 12.1. The second-order valence-electron chi connectivity index (χ2n) is 5.50. The van der Waals surface area contributed by atoms with E-state index in [1.165, 1.54) is 0 Å². The average Bonchev–Trinajstić information content (AvgIpc) is 2.90. The number of rotatable bonds is 4. The van der Waals surface area contributed by atoms with Crippen LogP contribution in [0.15, 0.2) is 6.07 Å². The molecule has 19 heavy (non-hydrogen) atoms. The monoisotopic (exact) mass is 264 g/mol. The Bertz CT molecular complexity index is 465. The Balaban J connectivity index is 2.00. The lowest BCUT2D eigenvalue weighted by atomic mass is 10.1. The molecule has 4 nitrogen and oxygen atoms in total. The summed E-state index contributed by atoms with van der Waals surface area (Å²) in [6.45, 7) is 7.54. The summed E-state index contributed by atoms with van der Waals surface area (Å²) in [6, 6.07) is 1.94. The fourth-order valence-corrected chi connectivity index (χ4v) is 3.09. The fourth-order valence-electron chi connectivity index (χ4n) is 3.09. The molecule has 1 aromatic heterocycles. The number of amides is 1. The quantitative estimate of drug-likeness (QED) is 0.874. The summed E-state index contributed by atoms with van der Waals surface area (Å²) in [7, 11) is 0. The third-order valence-corrected chi connectivity index (χ3v) is 4.28. The van der Waals surface area contributed by atoms with Gasteiger partial charge in [0.2, 0.25) is 0 Å². The van der Waals surface area contributed by atoms with E-state index in [1.54, 1.807) is 0 Å². The molecular formula is C15H24N2O2. The van der Waals surface area contributed by atoms with Crippen LogP contribution in [0, 0.1) is 19.8 Å². The van der Waals surface area contributed by atoms with Gasteiger partial charge in [0.25, 0.3) is 5.91 Å². The van der Waals surface area contributed by atoms with E-state index in [4.69, 9.17) is 0 Å². The lowest BCUT2D eigenvalue weighted by Gasteiger charge is -2.15. The van der Waals surface area contributed by atoms with Gasteiger partial charge in [-0.2, -0.15) is 0 Å². The molecule has 1 aliphatic rings. The third-order valence-electron chi connectivity index (χ3n) is 4.28. The first kappa shape index (κ1) is 14.1. The molecule has 0 bridgehead atoms. The number of aryl methyl sites for hydroxylation is 1. The van der Waals surface area contributed by atoms with E-state index in [0.717, 1.165) is 42.8 Å². The van der Waals surface area contributed by atoms with Crippen LogP contribution in [0.4, 0.5) is 0 Å². The van der Waals surface area contributed by atoms with E-state index in [1.807, 2.05) is 19.9 Å². The van der Waals surface area contributed by atoms with Crippen LogP contribution in [-0.4, -0.2) is 28.2 Å². The highest BCUT2D eigenvalue weighted by atomic mass is 16.3. The summed E-state index contributed by atoms with van der Waals surface area (Å²) in [5.41, 5.74) is 2.89. The second kappa shape index (κ2) is 5.78. The smallest absolute Gasteiger partial charge is 0.253 e. The molecule has 0 aromatic carbocycles. The number of nitrogens with zero attached hydrogens (tertiary/aromatic N) is 1. The van der Waals surface area contributed by atoms with E-state index in [0.29, 0.717) is 6.54 Å². The minimum atomic E-state index is -0.247. The minimum Gasteiger partial charge on any atom is -0.393 e. The zero-order valence-corrected chi connectivity index (χ0v) is 12.1. The molecule has 106 valence electrons. The lowest BCUT2D eigenvalue weighted by molar-refractivity contribution is 0.0916. The van der Waals surface area contributed by atoms with Crippen molar-refractivity contribution in [1.82, 2.24) is 9.88 Å². The van der Waals surface area contributed by atoms with Crippen LogP contribution in [0.2, 0.25) is 0 Å². The highest BCUT2D eigenvalue weighted by Crippen LogP contribution is 2.24. The van der Waals surface area contributed by atoms with Gasteiger partial charge in [-0.3, -0.25) is 4.79 Å². The Kier molecular flexibility index (Phi) is 4.30. The topological polar surface area (TPSA) is 54.3 Å². The highest BCUT2D eigenvalue weighted by molar-refractivity contribution is 5.95. The molecule has 2 N–H and O–H groups in total. The maximum atomic E-state index is 12.2. The molecular weight excluding hydrogens is 240 g/mol. The SMILES string of the molecule is CCn1c(C)cc(C(=O)NCC2CCCC2O)c1C. The van der Waals surface area contributed by atoms with E-state index < -0.39 is 0 Å². The maximum absolute atomic E-state index is 12.2. The number of carbonyl (C=O) groups is 1. The number of hydrogen-bond acceptors (Lipinski definition) is 2. The van der Waals surface area contributed by atoms with Gasteiger partial charge in [0.05, 0.1) is 11.7 Å². The van der Waals surface area contributed by atoms with Crippen molar-refractivity contribution in [3.63, 3.8) is 0 Å². The first-order valence-electron chi connectivity index (χ1n) is 7.17. The molecule has 2 unspecified atom stereocenters. The summed E-state index contributed by atoms with van der Waals surface area (Å²) >= 11 is 0. The third kappa shape index (κ3) is 2.84. The molecule has 2 rings (SSSR count). The summed E-state index contributed by atoms with van der Waals surface area (Å²) in [5, 5.41) is 12.7. The van der Waals surface area contributed by atoms with Crippen LogP contribution in [0.25, 0.3) is 0 Å². The molecule has 1 heterocycles. The van der Waals surface area contributed by atoms with Gasteiger partial charge in [-0.25, -0.2) is 0 Å². The van der Waals surface area contributed by atoms with Crippen LogP contribution >= 0.6 is 0 Å².